The lowest BCUT2D eigenvalue weighted by molar-refractivity contribution is -0.115. The van der Waals surface area contributed by atoms with Crippen LogP contribution in [0, 0.1) is 5.92 Å². The first-order valence-corrected chi connectivity index (χ1v) is 4.46. The monoisotopic (exact) mass is 162 g/mol. The highest BCUT2D eigenvalue weighted by Crippen LogP contribution is 2.26. The van der Waals surface area contributed by atoms with Gasteiger partial charge in [0.1, 0.15) is 0 Å². The SMILES string of the molecule is CC(=O)[PH](=O)C(=O)C(C)C. The molecule has 0 heterocycles. The van der Waals surface area contributed by atoms with Gasteiger partial charge in [0.05, 0.1) is 0 Å². The van der Waals surface area contributed by atoms with E-state index in [1.54, 1.807) is 13.8 Å². The predicted octanol–water partition coefficient (Wildman–Crippen LogP) is 1.28. The van der Waals surface area contributed by atoms with E-state index >= 15 is 0 Å². The van der Waals surface area contributed by atoms with Crippen LogP contribution in [0.3, 0.4) is 0 Å². The average Bonchev–Trinajstić information content (AvgIpc) is 1.84. The van der Waals surface area contributed by atoms with Gasteiger partial charge >= 0.3 is 0 Å². The number of rotatable bonds is 3. The van der Waals surface area contributed by atoms with Crippen molar-refractivity contribution in [2.24, 2.45) is 5.92 Å². The van der Waals surface area contributed by atoms with Crippen LogP contribution in [0.4, 0.5) is 0 Å². The minimum absolute atomic E-state index is 0.296. The third-order valence-corrected chi connectivity index (χ3v) is 2.73. The molecule has 1 atom stereocenters. The molecule has 0 aliphatic carbocycles. The largest absolute Gasteiger partial charge is 0.311 e. The van der Waals surface area contributed by atoms with Gasteiger partial charge in [-0.25, -0.2) is 0 Å². The van der Waals surface area contributed by atoms with Gasteiger partial charge in [0, 0.05) is 12.8 Å². The Hall–Kier alpha value is -0.430. The molecule has 4 heteroatoms. The molecule has 0 aliphatic heterocycles. The highest BCUT2D eigenvalue weighted by Gasteiger charge is 2.18. The number of carbonyl (C=O) groups excluding carboxylic acids is 2. The lowest BCUT2D eigenvalue weighted by atomic mass is 10.3. The Labute approximate surface area is 60.6 Å². The second-order valence-corrected chi connectivity index (χ2v) is 4.26. The van der Waals surface area contributed by atoms with Crippen LogP contribution in [0.2, 0.25) is 0 Å². The number of hydrogen-bond donors (Lipinski definition) is 0. The minimum atomic E-state index is -2.61. The summed E-state index contributed by atoms with van der Waals surface area (Å²) in [6, 6.07) is 0. The van der Waals surface area contributed by atoms with Crippen molar-refractivity contribution < 1.29 is 14.2 Å². The smallest absolute Gasteiger partial charge is 0.200 e. The Morgan fingerprint density at radius 2 is 1.70 bits per heavy atom. The molecule has 0 spiro atoms. The highest BCUT2D eigenvalue weighted by molar-refractivity contribution is 7.79. The summed E-state index contributed by atoms with van der Waals surface area (Å²) in [4.78, 5) is 21.2. The molecule has 0 saturated carbocycles. The molecule has 0 N–H and O–H groups in total. The summed E-state index contributed by atoms with van der Waals surface area (Å²) in [5, 5.41) is 0. The van der Waals surface area contributed by atoms with Gasteiger partial charge in [0.2, 0.25) is 0 Å². The van der Waals surface area contributed by atoms with Gasteiger partial charge in [-0.2, -0.15) is 0 Å². The fraction of sp³-hybridized carbons (Fsp3) is 0.667. The van der Waals surface area contributed by atoms with Crippen molar-refractivity contribution in [1.29, 1.82) is 0 Å². The lowest BCUT2D eigenvalue weighted by Gasteiger charge is -1.99. The summed E-state index contributed by atoms with van der Waals surface area (Å²) < 4.78 is 10.8. The molecule has 0 aromatic heterocycles. The van der Waals surface area contributed by atoms with Crippen molar-refractivity contribution in [3.8, 4) is 0 Å². The molecule has 0 bridgehead atoms. The Kier molecular flexibility index (Phi) is 3.51. The van der Waals surface area contributed by atoms with Gasteiger partial charge in [-0.15, -0.1) is 0 Å². The summed E-state index contributed by atoms with van der Waals surface area (Å²) in [5.41, 5.74) is -0.916. The molecule has 0 amide bonds. The average molecular weight is 162 g/mol. The summed E-state index contributed by atoms with van der Waals surface area (Å²) in [6.45, 7) is 4.45. The summed E-state index contributed by atoms with van der Waals surface area (Å²) >= 11 is 0. The van der Waals surface area contributed by atoms with Crippen LogP contribution < -0.4 is 0 Å². The zero-order valence-electron chi connectivity index (χ0n) is 6.30. The summed E-state index contributed by atoms with van der Waals surface area (Å²) in [5.74, 6) is -0.296. The van der Waals surface area contributed by atoms with Crippen molar-refractivity contribution in [3.63, 3.8) is 0 Å². The molecule has 1 unspecified atom stereocenters. The fourth-order valence-electron chi connectivity index (χ4n) is 0.436. The molecule has 0 aromatic carbocycles. The first-order valence-electron chi connectivity index (χ1n) is 3.06. The van der Waals surface area contributed by atoms with Gasteiger partial charge in [0.25, 0.3) is 0 Å². The maximum atomic E-state index is 10.8. The van der Waals surface area contributed by atoms with Crippen LogP contribution in [0.25, 0.3) is 0 Å². The van der Waals surface area contributed by atoms with Gasteiger partial charge in [-0.1, -0.05) is 13.8 Å². The molecule has 0 rings (SSSR count). The molecular weight excluding hydrogens is 151 g/mol. The van der Waals surface area contributed by atoms with Gasteiger partial charge in [-0.05, 0) is 0 Å². The Balaban J connectivity index is 4.24. The van der Waals surface area contributed by atoms with E-state index in [1.165, 1.54) is 6.92 Å². The zero-order chi connectivity index (χ0) is 8.31. The first-order chi connectivity index (χ1) is 4.46. The highest BCUT2D eigenvalue weighted by atomic mass is 31.1. The molecule has 58 valence electrons. The minimum Gasteiger partial charge on any atom is -0.311 e. The summed E-state index contributed by atoms with van der Waals surface area (Å²) in [7, 11) is -2.61. The molecular formula is C6H11O3P. The molecule has 0 aliphatic rings. The van der Waals surface area contributed by atoms with Crippen molar-refractivity contribution in [1.82, 2.24) is 0 Å². The van der Waals surface area contributed by atoms with Gasteiger partial charge in [-0.3, -0.25) is 9.59 Å². The van der Waals surface area contributed by atoms with E-state index in [2.05, 4.69) is 0 Å². The molecule has 10 heavy (non-hydrogen) atoms. The van der Waals surface area contributed by atoms with E-state index in [1.807, 2.05) is 0 Å². The third-order valence-electron chi connectivity index (χ3n) is 1.07. The topological polar surface area (TPSA) is 51.2 Å². The maximum Gasteiger partial charge on any atom is 0.200 e. The Morgan fingerprint density at radius 3 is 1.80 bits per heavy atom. The normalized spacial score (nSPS) is 13.2. The van der Waals surface area contributed by atoms with Crippen molar-refractivity contribution in [2.75, 3.05) is 0 Å². The second kappa shape index (κ2) is 3.67. The zero-order valence-corrected chi connectivity index (χ0v) is 7.30. The van der Waals surface area contributed by atoms with Crippen LogP contribution in [-0.4, -0.2) is 11.0 Å². The molecule has 0 saturated heterocycles. The van der Waals surface area contributed by atoms with Crippen LogP contribution >= 0.6 is 7.80 Å². The van der Waals surface area contributed by atoms with E-state index in [-0.39, 0.29) is 5.92 Å². The third kappa shape index (κ3) is 2.44. The molecule has 0 aromatic rings. The Bertz CT molecular complexity index is 183. The lowest BCUT2D eigenvalue weighted by Crippen LogP contribution is -2.04. The van der Waals surface area contributed by atoms with Crippen LogP contribution in [-0.2, 0) is 14.2 Å². The van der Waals surface area contributed by atoms with Crippen LogP contribution in [0.15, 0.2) is 0 Å². The molecule has 0 radical (unpaired) electrons. The van der Waals surface area contributed by atoms with Gasteiger partial charge < -0.3 is 4.57 Å². The number of hydrogen-bond acceptors (Lipinski definition) is 3. The van der Waals surface area contributed by atoms with Crippen LogP contribution in [0.1, 0.15) is 20.8 Å². The van der Waals surface area contributed by atoms with Gasteiger partial charge in [0.15, 0.2) is 18.8 Å². The van der Waals surface area contributed by atoms with Crippen molar-refractivity contribution in [3.05, 3.63) is 0 Å². The quantitative estimate of drug-likeness (QED) is 0.587. The van der Waals surface area contributed by atoms with Crippen molar-refractivity contribution >= 4 is 18.8 Å². The maximum absolute atomic E-state index is 10.8. The van der Waals surface area contributed by atoms with Crippen LogP contribution in [0.5, 0.6) is 0 Å². The molecule has 0 fully saturated rings. The second-order valence-electron chi connectivity index (χ2n) is 2.40. The van der Waals surface area contributed by atoms with E-state index in [0.717, 1.165) is 0 Å². The predicted molar refractivity (Wildman–Crippen MR) is 39.5 cm³/mol. The van der Waals surface area contributed by atoms with E-state index in [4.69, 9.17) is 0 Å². The standard InChI is InChI=1S/C6H11O3P/c1-4(2)6(8)10(9)5(3)7/h4,10H,1-3H3. The Morgan fingerprint density at radius 1 is 1.30 bits per heavy atom. The van der Waals surface area contributed by atoms with Crippen molar-refractivity contribution in [2.45, 2.75) is 20.8 Å². The number of carbonyl (C=O) groups is 2. The molecule has 3 nitrogen and oxygen atoms in total. The fourth-order valence-corrected chi connectivity index (χ4v) is 1.31. The summed E-state index contributed by atoms with van der Waals surface area (Å²) in [6.07, 6.45) is 0. The van der Waals surface area contributed by atoms with E-state index < -0.39 is 18.8 Å². The van der Waals surface area contributed by atoms with E-state index in [9.17, 15) is 14.2 Å². The first kappa shape index (κ1) is 9.57. The van der Waals surface area contributed by atoms with E-state index in [0.29, 0.717) is 0 Å².